The molecule has 1 aliphatic carbocycles. The van der Waals surface area contributed by atoms with Gasteiger partial charge in [-0.3, -0.25) is 4.98 Å². The van der Waals surface area contributed by atoms with Crippen LogP contribution in [0, 0.1) is 6.92 Å². The fraction of sp³-hybridized carbons (Fsp3) is 0.667. The number of hydrogen-bond acceptors (Lipinski definition) is 3. The van der Waals surface area contributed by atoms with Crippen molar-refractivity contribution < 1.29 is 4.74 Å². The van der Waals surface area contributed by atoms with Gasteiger partial charge in [0.2, 0.25) is 0 Å². The normalized spacial score (nSPS) is 17.4. The van der Waals surface area contributed by atoms with E-state index in [1.165, 1.54) is 38.5 Å². The summed E-state index contributed by atoms with van der Waals surface area (Å²) in [6.45, 7) is 2.86. The molecule has 3 heteroatoms. The highest BCUT2D eigenvalue weighted by atomic mass is 16.5. The van der Waals surface area contributed by atoms with Gasteiger partial charge in [0.25, 0.3) is 0 Å². The molecule has 0 aliphatic heterocycles. The molecule has 2 rings (SSSR count). The Bertz CT molecular complexity index is 371. The molecule has 0 spiro atoms. The van der Waals surface area contributed by atoms with Gasteiger partial charge < -0.3 is 10.1 Å². The molecule has 18 heavy (non-hydrogen) atoms. The largest absolute Gasteiger partial charge is 0.497 e. The van der Waals surface area contributed by atoms with Crippen LogP contribution < -0.4 is 10.1 Å². The standard InChI is InChI=1S/C15H24N2O/c1-12-9-15(18-2)10-14(17-12)11-16-13-7-5-3-4-6-8-13/h9-10,13,16H,3-8,11H2,1-2H3. The van der Waals surface area contributed by atoms with E-state index >= 15 is 0 Å². The van der Waals surface area contributed by atoms with Crippen LogP contribution >= 0.6 is 0 Å². The predicted octanol–water partition coefficient (Wildman–Crippen LogP) is 3.21. The van der Waals surface area contributed by atoms with Gasteiger partial charge in [-0.1, -0.05) is 25.7 Å². The van der Waals surface area contributed by atoms with Gasteiger partial charge in [-0.2, -0.15) is 0 Å². The Balaban J connectivity index is 1.90. The summed E-state index contributed by atoms with van der Waals surface area (Å²) in [5, 5.41) is 3.64. The van der Waals surface area contributed by atoms with Crippen LogP contribution in [0.2, 0.25) is 0 Å². The zero-order valence-corrected chi connectivity index (χ0v) is 11.5. The minimum Gasteiger partial charge on any atom is -0.497 e. The van der Waals surface area contributed by atoms with Gasteiger partial charge in [-0.15, -0.1) is 0 Å². The molecule has 0 saturated heterocycles. The highest BCUT2D eigenvalue weighted by Gasteiger charge is 2.11. The first kappa shape index (κ1) is 13.3. The average Bonchev–Trinajstić information content (AvgIpc) is 2.64. The number of aromatic nitrogens is 1. The van der Waals surface area contributed by atoms with E-state index in [4.69, 9.17) is 4.74 Å². The van der Waals surface area contributed by atoms with Crippen molar-refractivity contribution in [3.63, 3.8) is 0 Å². The molecule has 0 atom stereocenters. The molecule has 0 amide bonds. The first-order valence-electron chi connectivity index (χ1n) is 7.03. The van der Waals surface area contributed by atoms with E-state index in [0.717, 1.165) is 23.7 Å². The van der Waals surface area contributed by atoms with Crippen LogP contribution in [-0.4, -0.2) is 18.1 Å². The zero-order valence-electron chi connectivity index (χ0n) is 11.5. The second-order valence-electron chi connectivity index (χ2n) is 5.21. The third-order valence-electron chi connectivity index (χ3n) is 3.64. The molecule has 1 N–H and O–H groups in total. The topological polar surface area (TPSA) is 34.1 Å². The fourth-order valence-corrected chi connectivity index (χ4v) is 2.64. The van der Waals surface area contributed by atoms with Crippen LogP contribution in [0.25, 0.3) is 0 Å². The van der Waals surface area contributed by atoms with E-state index in [0.29, 0.717) is 6.04 Å². The predicted molar refractivity (Wildman–Crippen MR) is 73.9 cm³/mol. The second-order valence-corrected chi connectivity index (χ2v) is 5.21. The first-order chi connectivity index (χ1) is 8.78. The molecular formula is C15H24N2O. The van der Waals surface area contributed by atoms with E-state index in [9.17, 15) is 0 Å². The van der Waals surface area contributed by atoms with Crippen molar-refractivity contribution in [2.45, 2.75) is 58.0 Å². The molecule has 1 aliphatic rings. The van der Waals surface area contributed by atoms with Crippen LogP contribution in [-0.2, 0) is 6.54 Å². The van der Waals surface area contributed by atoms with Crippen LogP contribution in [0.3, 0.4) is 0 Å². The smallest absolute Gasteiger partial charge is 0.122 e. The Kier molecular flexibility index (Phi) is 5.00. The molecular weight excluding hydrogens is 224 g/mol. The van der Waals surface area contributed by atoms with Gasteiger partial charge in [0.15, 0.2) is 0 Å². The number of ether oxygens (including phenoxy) is 1. The molecule has 1 aromatic heterocycles. The maximum Gasteiger partial charge on any atom is 0.122 e. The highest BCUT2D eigenvalue weighted by Crippen LogP contribution is 2.18. The lowest BCUT2D eigenvalue weighted by Crippen LogP contribution is -2.28. The van der Waals surface area contributed by atoms with E-state index < -0.39 is 0 Å². The van der Waals surface area contributed by atoms with Crippen molar-refractivity contribution in [2.24, 2.45) is 0 Å². The van der Waals surface area contributed by atoms with Crippen molar-refractivity contribution in [3.05, 3.63) is 23.5 Å². The Labute approximate surface area is 110 Å². The van der Waals surface area contributed by atoms with Crippen molar-refractivity contribution in [1.82, 2.24) is 10.3 Å². The number of pyridine rings is 1. The van der Waals surface area contributed by atoms with Crippen molar-refractivity contribution in [2.75, 3.05) is 7.11 Å². The molecule has 3 nitrogen and oxygen atoms in total. The van der Waals surface area contributed by atoms with Crippen molar-refractivity contribution in [1.29, 1.82) is 0 Å². The van der Waals surface area contributed by atoms with E-state index in [2.05, 4.69) is 10.3 Å². The molecule has 0 unspecified atom stereocenters. The molecule has 1 heterocycles. The summed E-state index contributed by atoms with van der Waals surface area (Å²) >= 11 is 0. The van der Waals surface area contributed by atoms with Gasteiger partial charge in [-0.25, -0.2) is 0 Å². The highest BCUT2D eigenvalue weighted by molar-refractivity contribution is 5.26. The Hall–Kier alpha value is -1.09. The molecule has 0 radical (unpaired) electrons. The maximum atomic E-state index is 5.28. The van der Waals surface area contributed by atoms with Crippen molar-refractivity contribution in [3.8, 4) is 5.75 Å². The van der Waals surface area contributed by atoms with Crippen molar-refractivity contribution >= 4 is 0 Å². The molecule has 100 valence electrons. The molecule has 0 aromatic carbocycles. The van der Waals surface area contributed by atoms with Crippen LogP contribution in [0.1, 0.15) is 49.9 Å². The maximum absolute atomic E-state index is 5.28. The third kappa shape index (κ3) is 3.98. The number of rotatable bonds is 4. The first-order valence-corrected chi connectivity index (χ1v) is 7.03. The lowest BCUT2D eigenvalue weighted by Gasteiger charge is -2.16. The number of hydrogen-bond donors (Lipinski definition) is 1. The number of methoxy groups -OCH3 is 1. The van der Waals surface area contributed by atoms with Gasteiger partial charge in [0.1, 0.15) is 5.75 Å². The third-order valence-corrected chi connectivity index (χ3v) is 3.64. The summed E-state index contributed by atoms with van der Waals surface area (Å²) in [7, 11) is 1.71. The van der Waals surface area contributed by atoms with Crippen LogP contribution in [0.5, 0.6) is 5.75 Å². The molecule has 0 bridgehead atoms. The van der Waals surface area contributed by atoms with Gasteiger partial charge in [-0.05, 0) is 19.8 Å². The SMILES string of the molecule is COc1cc(C)nc(CNC2CCCCCC2)c1. The lowest BCUT2D eigenvalue weighted by atomic mass is 10.1. The number of nitrogens with zero attached hydrogens (tertiary/aromatic N) is 1. The van der Waals surface area contributed by atoms with Gasteiger partial charge in [0.05, 0.1) is 12.8 Å². The second kappa shape index (κ2) is 6.74. The Morgan fingerprint density at radius 1 is 1.22 bits per heavy atom. The number of aryl methyl sites for hydroxylation is 1. The summed E-state index contributed by atoms with van der Waals surface area (Å²) in [5.41, 5.74) is 2.10. The molecule has 1 aromatic rings. The minimum atomic E-state index is 0.667. The minimum absolute atomic E-state index is 0.667. The summed E-state index contributed by atoms with van der Waals surface area (Å²) in [4.78, 5) is 4.55. The molecule has 1 fully saturated rings. The fourth-order valence-electron chi connectivity index (χ4n) is 2.64. The van der Waals surface area contributed by atoms with Crippen LogP contribution in [0.4, 0.5) is 0 Å². The summed E-state index contributed by atoms with van der Waals surface area (Å²) in [6.07, 6.45) is 8.14. The summed E-state index contributed by atoms with van der Waals surface area (Å²) in [5.74, 6) is 0.903. The summed E-state index contributed by atoms with van der Waals surface area (Å²) in [6, 6.07) is 4.66. The monoisotopic (exact) mass is 248 g/mol. The van der Waals surface area contributed by atoms with E-state index in [1.54, 1.807) is 7.11 Å². The summed E-state index contributed by atoms with van der Waals surface area (Å²) < 4.78 is 5.28. The van der Waals surface area contributed by atoms with Gasteiger partial charge >= 0.3 is 0 Å². The average molecular weight is 248 g/mol. The number of nitrogens with one attached hydrogen (secondary N) is 1. The Morgan fingerprint density at radius 2 is 1.94 bits per heavy atom. The molecule has 1 saturated carbocycles. The zero-order chi connectivity index (χ0) is 12.8. The van der Waals surface area contributed by atoms with E-state index in [-0.39, 0.29) is 0 Å². The van der Waals surface area contributed by atoms with Gasteiger partial charge in [0, 0.05) is 30.4 Å². The lowest BCUT2D eigenvalue weighted by molar-refractivity contribution is 0.411. The Morgan fingerprint density at radius 3 is 2.61 bits per heavy atom. The quantitative estimate of drug-likeness (QED) is 0.831. The van der Waals surface area contributed by atoms with E-state index in [1.807, 2.05) is 19.1 Å². The van der Waals surface area contributed by atoms with Crippen LogP contribution in [0.15, 0.2) is 12.1 Å².